The molecule has 1 unspecified atom stereocenters. The molecule has 2 saturated heterocycles. The Morgan fingerprint density at radius 2 is 1.81 bits per heavy atom. The summed E-state index contributed by atoms with van der Waals surface area (Å²) in [6, 6.07) is 18.9. The molecule has 160 valence electrons. The summed E-state index contributed by atoms with van der Waals surface area (Å²) in [6.07, 6.45) is 2.27. The number of aromatic nitrogens is 1. The van der Waals surface area contributed by atoms with E-state index in [1.807, 2.05) is 9.80 Å². The van der Waals surface area contributed by atoms with Crippen molar-refractivity contribution in [1.82, 2.24) is 14.8 Å². The van der Waals surface area contributed by atoms with Crippen molar-refractivity contribution < 1.29 is 9.59 Å². The van der Waals surface area contributed by atoms with Crippen LogP contribution in [-0.4, -0.2) is 46.2 Å². The van der Waals surface area contributed by atoms with Crippen LogP contribution >= 0.6 is 0 Å². The fourth-order valence-corrected chi connectivity index (χ4v) is 4.99. The van der Waals surface area contributed by atoms with Gasteiger partial charge in [-0.3, -0.25) is 9.59 Å². The molecule has 2 amide bonds. The molecule has 0 bridgehead atoms. The number of likely N-dealkylation sites (tertiary alicyclic amines) is 2. The second-order valence-corrected chi connectivity index (χ2v) is 9.07. The van der Waals surface area contributed by atoms with Crippen LogP contribution in [0.3, 0.4) is 0 Å². The molecule has 0 saturated carbocycles. The number of H-pyrrole nitrogens is 1. The molecule has 5 nitrogen and oxygen atoms in total. The molecule has 0 radical (unpaired) electrons. The van der Waals surface area contributed by atoms with E-state index >= 15 is 0 Å². The van der Waals surface area contributed by atoms with Crippen molar-refractivity contribution in [2.45, 2.75) is 38.6 Å². The molecule has 0 spiro atoms. The minimum atomic E-state index is -0.206. The number of benzene rings is 2. The topological polar surface area (TPSA) is 56.4 Å². The maximum absolute atomic E-state index is 13.1. The smallest absolute Gasteiger partial charge is 0.227 e. The molecule has 5 rings (SSSR count). The minimum Gasteiger partial charge on any atom is -0.358 e. The van der Waals surface area contributed by atoms with Crippen LogP contribution in [0, 0.1) is 12.8 Å². The lowest BCUT2D eigenvalue weighted by atomic mass is 9.92. The molecule has 0 aliphatic carbocycles. The maximum Gasteiger partial charge on any atom is 0.227 e. The van der Waals surface area contributed by atoms with Crippen LogP contribution in [-0.2, 0) is 16.1 Å². The second kappa shape index (κ2) is 8.22. The highest BCUT2D eigenvalue weighted by molar-refractivity contribution is 5.89. The van der Waals surface area contributed by atoms with E-state index in [1.165, 1.54) is 22.2 Å². The predicted octanol–water partition coefficient (Wildman–Crippen LogP) is 4.23. The summed E-state index contributed by atoms with van der Waals surface area (Å²) in [5, 5.41) is 1.24. The number of piperidine rings is 1. The third kappa shape index (κ3) is 4.09. The van der Waals surface area contributed by atoms with Gasteiger partial charge in [0.1, 0.15) is 0 Å². The van der Waals surface area contributed by atoms with Gasteiger partial charge in [-0.25, -0.2) is 0 Å². The Labute approximate surface area is 183 Å². The summed E-state index contributed by atoms with van der Waals surface area (Å²) in [7, 11) is 0. The van der Waals surface area contributed by atoms with Crippen molar-refractivity contribution in [2.24, 2.45) is 5.92 Å². The average Bonchev–Trinajstić information content (AvgIpc) is 3.38. The van der Waals surface area contributed by atoms with E-state index < -0.39 is 0 Å². The molecule has 2 aliphatic heterocycles. The third-order valence-corrected chi connectivity index (χ3v) is 6.86. The van der Waals surface area contributed by atoms with E-state index in [1.54, 1.807) is 0 Å². The number of aryl methyl sites for hydroxylation is 1. The third-order valence-electron chi connectivity index (χ3n) is 6.86. The number of aromatic amines is 1. The predicted molar refractivity (Wildman–Crippen MR) is 122 cm³/mol. The lowest BCUT2D eigenvalue weighted by Crippen LogP contribution is -2.42. The quantitative estimate of drug-likeness (QED) is 0.693. The number of carbonyl (C=O) groups excluding carboxylic acids is 2. The maximum atomic E-state index is 13.1. The van der Waals surface area contributed by atoms with Gasteiger partial charge in [-0.05, 0) is 42.8 Å². The summed E-state index contributed by atoms with van der Waals surface area (Å²) in [4.78, 5) is 33.0. The minimum absolute atomic E-state index is 0.0897. The first-order valence-corrected chi connectivity index (χ1v) is 11.3. The molecule has 1 atom stereocenters. The van der Waals surface area contributed by atoms with E-state index in [2.05, 4.69) is 66.5 Å². The van der Waals surface area contributed by atoms with Crippen molar-refractivity contribution in [2.75, 3.05) is 19.6 Å². The standard InChI is InChI=1S/C26H29N3O2/c1-18-6-8-19(9-7-18)16-29-17-22(15-25(29)30)26(31)28-12-10-20(11-13-28)24-14-21-4-2-3-5-23(21)27-24/h2-9,14,20,22,27H,10-13,15-17H2,1H3. The zero-order valence-corrected chi connectivity index (χ0v) is 18.0. The SMILES string of the molecule is Cc1ccc(CN2CC(C(=O)N3CCC(c4cc5ccccc5[nH]4)CC3)CC2=O)cc1. The zero-order chi connectivity index (χ0) is 21.4. The average molecular weight is 416 g/mol. The Kier molecular flexibility index (Phi) is 5.26. The van der Waals surface area contributed by atoms with E-state index in [9.17, 15) is 9.59 Å². The summed E-state index contributed by atoms with van der Waals surface area (Å²) >= 11 is 0. The highest BCUT2D eigenvalue weighted by Crippen LogP contribution is 2.31. The van der Waals surface area contributed by atoms with Crippen LogP contribution in [0.2, 0.25) is 0 Å². The fourth-order valence-electron chi connectivity index (χ4n) is 4.99. The van der Waals surface area contributed by atoms with E-state index in [4.69, 9.17) is 0 Å². The van der Waals surface area contributed by atoms with Gasteiger partial charge in [0.05, 0.1) is 5.92 Å². The monoisotopic (exact) mass is 415 g/mol. The fraction of sp³-hybridized carbons (Fsp3) is 0.385. The van der Waals surface area contributed by atoms with Gasteiger partial charge in [0.2, 0.25) is 11.8 Å². The summed E-state index contributed by atoms with van der Waals surface area (Å²) in [5.41, 5.74) is 4.77. The number of carbonyl (C=O) groups is 2. The number of para-hydroxylation sites is 1. The molecular formula is C26H29N3O2. The Morgan fingerprint density at radius 3 is 2.55 bits per heavy atom. The Bertz CT molecular complexity index is 1060. The molecule has 3 heterocycles. The van der Waals surface area contributed by atoms with Crippen LogP contribution in [0.15, 0.2) is 54.6 Å². The second-order valence-electron chi connectivity index (χ2n) is 9.07. The molecule has 2 fully saturated rings. The molecule has 3 aromatic rings. The number of nitrogens with one attached hydrogen (secondary N) is 1. The molecule has 5 heteroatoms. The normalized spacial score (nSPS) is 20.0. The van der Waals surface area contributed by atoms with E-state index in [-0.39, 0.29) is 17.7 Å². The van der Waals surface area contributed by atoms with Crippen LogP contribution < -0.4 is 0 Å². The van der Waals surface area contributed by atoms with Gasteiger partial charge in [-0.1, -0.05) is 48.0 Å². The molecule has 1 aromatic heterocycles. The van der Waals surface area contributed by atoms with E-state index in [0.29, 0.717) is 25.4 Å². The van der Waals surface area contributed by atoms with Crippen molar-refractivity contribution in [3.8, 4) is 0 Å². The first-order chi connectivity index (χ1) is 15.1. The Morgan fingerprint density at radius 1 is 1.06 bits per heavy atom. The summed E-state index contributed by atoms with van der Waals surface area (Å²) in [5.74, 6) is 0.490. The van der Waals surface area contributed by atoms with Gasteiger partial charge in [0.15, 0.2) is 0 Å². The van der Waals surface area contributed by atoms with Crippen molar-refractivity contribution >= 4 is 22.7 Å². The van der Waals surface area contributed by atoms with Crippen molar-refractivity contribution in [3.05, 3.63) is 71.4 Å². The molecule has 2 aliphatic rings. The van der Waals surface area contributed by atoms with Gasteiger partial charge in [0, 0.05) is 49.7 Å². The number of nitrogens with zero attached hydrogens (tertiary/aromatic N) is 2. The molecule has 2 aromatic carbocycles. The molecule has 31 heavy (non-hydrogen) atoms. The molecule has 1 N–H and O–H groups in total. The van der Waals surface area contributed by atoms with Gasteiger partial charge in [0.25, 0.3) is 0 Å². The lowest BCUT2D eigenvalue weighted by Gasteiger charge is -2.33. The van der Waals surface area contributed by atoms with Crippen LogP contribution in [0.25, 0.3) is 10.9 Å². The largest absolute Gasteiger partial charge is 0.358 e. The Hall–Kier alpha value is -3.08. The van der Waals surface area contributed by atoms with Gasteiger partial charge in [-0.2, -0.15) is 0 Å². The Balaban J connectivity index is 1.17. The highest BCUT2D eigenvalue weighted by Gasteiger charge is 2.37. The number of hydrogen-bond donors (Lipinski definition) is 1. The molecular weight excluding hydrogens is 386 g/mol. The number of hydrogen-bond acceptors (Lipinski definition) is 2. The lowest BCUT2D eigenvalue weighted by molar-refractivity contribution is -0.136. The highest BCUT2D eigenvalue weighted by atomic mass is 16.2. The summed E-state index contributed by atoms with van der Waals surface area (Å²) in [6.45, 7) is 4.71. The van der Waals surface area contributed by atoms with Crippen molar-refractivity contribution in [3.63, 3.8) is 0 Å². The number of amides is 2. The summed E-state index contributed by atoms with van der Waals surface area (Å²) < 4.78 is 0. The number of rotatable bonds is 4. The van der Waals surface area contributed by atoms with Gasteiger partial charge < -0.3 is 14.8 Å². The van der Waals surface area contributed by atoms with Crippen LogP contribution in [0.4, 0.5) is 0 Å². The van der Waals surface area contributed by atoms with Crippen LogP contribution in [0.1, 0.15) is 42.0 Å². The first kappa shape index (κ1) is 19.9. The van der Waals surface area contributed by atoms with E-state index in [0.717, 1.165) is 31.5 Å². The van der Waals surface area contributed by atoms with Gasteiger partial charge in [-0.15, -0.1) is 0 Å². The van der Waals surface area contributed by atoms with Crippen LogP contribution in [0.5, 0.6) is 0 Å². The zero-order valence-electron chi connectivity index (χ0n) is 18.0. The van der Waals surface area contributed by atoms with Crippen molar-refractivity contribution in [1.29, 1.82) is 0 Å². The first-order valence-electron chi connectivity index (χ1n) is 11.3. The number of fused-ring (bicyclic) bond motifs is 1. The van der Waals surface area contributed by atoms with Gasteiger partial charge >= 0.3 is 0 Å².